The van der Waals surface area contributed by atoms with Crippen molar-refractivity contribution in [3.05, 3.63) is 23.4 Å². The van der Waals surface area contributed by atoms with Crippen LogP contribution in [0.4, 0.5) is 0 Å². The number of carbonyl (C=O) groups is 1. The van der Waals surface area contributed by atoms with Crippen LogP contribution in [-0.4, -0.2) is 12.1 Å². The Morgan fingerprint density at radius 1 is 1.54 bits per heavy atom. The monoisotopic (exact) mass is 180 g/mol. The second-order valence-corrected chi connectivity index (χ2v) is 2.67. The van der Waals surface area contributed by atoms with E-state index in [9.17, 15) is 4.79 Å². The highest BCUT2D eigenvalue weighted by molar-refractivity contribution is 6.12. The first-order valence-corrected chi connectivity index (χ1v) is 4.27. The molecule has 0 aliphatic rings. The fraction of sp³-hybridized carbons (Fsp3) is 0.400. The van der Waals surface area contributed by atoms with Crippen LogP contribution in [0.2, 0.25) is 0 Å². The van der Waals surface area contributed by atoms with E-state index in [4.69, 9.17) is 5.73 Å². The second kappa shape index (κ2) is 6.17. The Morgan fingerprint density at radius 3 is 2.54 bits per heavy atom. The molecule has 0 bridgehead atoms. The van der Waals surface area contributed by atoms with Gasteiger partial charge in [0, 0.05) is 12.4 Å². The summed E-state index contributed by atoms with van der Waals surface area (Å²) in [4.78, 5) is 14.9. The molecule has 0 rings (SSSR count). The highest BCUT2D eigenvalue weighted by Crippen LogP contribution is 2.05. The van der Waals surface area contributed by atoms with Crippen LogP contribution in [0.1, 0.15) is 27.2 Å². The third kappa shape index (κ3) is 4.25. The van der Waals surface area contributed by atoms with Gasteiger partial charge < -0.3 is 5.73 Å². The van der Waals surface area contributed by atoms with Gasteiger partial charge in [-0.1, -0.05) is 18.6 Å². The molecule has 0 spiro atoms. The van der Waals surface area contributed by atoms with E-state index >= 15 is 0 Å². The summed E-state index contributed by atoms with van der Waals surface area (Å²) in [5.41, 5.74) is 6.64. The molecule has 0 fully saturated rings. The minimum absolute atomic E-state index is 0.424. The number of amides is 1. The van der Waals surface area contributed by atoms with E-state index in [1.807, 2.05) is 20.8 Å². The molecule has 0 saturated carbocycles. The molecular weight excluding hydrogens is 164 g/mol. The molecule has 0 aromatic heterocycles. The van der Waals surface area contributed by atoms with Gasteiger partial charge in [-0.25, -0.2) is 0 Å². The topological polar surface area (TPSA) is 55.4 Å². The maximum absolute atomic E-state index is 10.9. The Labute approximate surface area is 79.0 Å². The predicted molar refractivity (Wildman–Crippen MR) is 55.5 cm³/mol. The third-order valence-electron chi connectivity index (χ3n) is 1.69. The lowest BCUT2D eigenvalue weighted by atomic mass is 10.1. The minimum atomic E-state index is -0.424. The molecule has 13 heavy (non-hydrogen) atoms. The molecule has 2 N–H and O–H groups in total. The molecule has 0 aliphatic carbocycles. The summed E-state index contributed by atoms with van der Waals surface area (Å²) < 4.78 is 0. The van der Waals surface area contributed by atoms with Crippen molar-refractivity contribution >= 4 is 12.1 Å². The molecule has 0 unspecified atom stereocenters. The fourth-order valence-corrected chi connectivity index (χ4v) is 0.778. The zero-order chi connectivity index (χ0) is 10.3. The zero-order valence-corrected chi connectivity index (χ0v) is 8.37. The predicted octanol–water partition coefficient (Wildman–Crippen LogP) is 1.80. The number of primary amides is 1. The molecule has 3 heteroatoms. The van der Waals surface area contributed by atoms with Gasteiger partial charge in [0.2, 0.25) is 5.91 Å². The molecule has 0 aromatic rings. The zero-order valence-electron chi connectivity index (χ0n) is 8.37. The van der Waals surface area contributed by atoms with Gasteiger partial charge in [-0.2, -0.15) is 0 Å². The lowest BCUT2D eigenvalue weighted by molar-refractivity contribution is -0.114. The number of hydrogen-bond acceptors (Lipinski definition) is 2. The fourth-order valence-electron chi connectivity index (χ4n) is 0.778. The van der Waals surface area contributed by atoms with Gasteiger partial charge in [0.25, 0.3) is 0 Å². The number of carbonyl (C=O) groups excluding carboxylic acids is 1. The molecule has 1 amide bonds. The van der Waals surface area contributed by atoms with Crippen LogP contribution in [0.15, 0.2) is 28.4 Å². The third-order valence-corrected chi connectivity index (χ3v) is 1.69. The van der Waals surface area contributed by atoms with Gasteiger partial charge in [0.15, 0.2) is 0 Å². The minimum Gasteiger partial charge on any atom is -0.366 e. The van der Waals surface area contributed by atoms with Crippen molar-refractivity contribution in [3.63, 3.8) is 0 Å². The molecule has 3 nitrogen and oxygen atoms in total. The quantitative estimate of drug-likeness (QED) is 0.520. The van der Waals surface area contributed by atoms with Crippen LogP contribution in [0, 0.1) is 0 Å². The summed E-state index contributed by atoms with van der Waals surface area (Å²) in [5.74, 6) is -0.424. The summed E-state index contributed by atoms with van der Waals surface area (Å²) in [6.07, 6.45) is 5.71. The van der Waals surface area contributed by atoms with Gasteiger partial charge in [-0.05, 0) is 20.3 Å². The molecule has 0 saturated heterocycles. The van der Waals surface area contributed by atoms with E-state index in [2.05, 4.69) is 4.99 Å². The second-order valence-electron chi connectivity index (χ2n) is 2.67. The summed E-state index contributed by atoms with van der Waals surface area (Å²) >= 11 is 0. The first-order valence-electron chi connectivity index (χ1n) is 4.27. The lowest BCUT2D eigenvalue weighted by Crippen LogP contribution is -2.16. The molecule has 0 aromatic carbocycles. The number of rotatable bonds is 4. The summed E-state index contributed by atoms with van der Waals surface area (Å²) in [5, 5.41) is 0. The number of nitrogens with zero attached hydrogens (tertiary/aromatic N) is 1. The van der Waals surface area contributed by atoms with Crippen LogP contribution in [0.25, 0.3) is 0 Å². The van der Waals surface area contributed by atoms with Gasteiger partial charge in [-0.3, -0.25) is 9.79 Å². The summed E-state index contributed by atoms with van der Waals surface area (Å²) in [6, 6.07) is 0. The Morgan fingerprint density at radius 2 is 2.15 bits per heavy atom. The van der Waals surface area contributed by atoms with Crippen molar-refractivity contribution in [2.24, 2.45) is 10.7 Å². The van der Waals surface area contributed by atoms with E-state index in [0.717, 1.165) is 12.0 Å². The highest BCUT2D eigenvalue weighted by atomic mass is 16.1. The number of nitrogens with two attached hydrogens (primary N) is 1. The summed E-state index contributed by atoms with van der Waals surface area (Å²) in [7, 11) is 0. The Balaban J connectivity index is 4.74. The molecule has 72 valence electrons. The van der Waals surface area contributed by atoms with Gasteiger partial charge >= 0.3 is 0 Å². The Hall–Kier alpha value is -1.38. The van der Waals surface area contributed by atoms with Crippen molar-refractivity contribution in [3.8, 4) is 0 Å². The maximum atomic E-state index is 10.9. The molecule has 0 aliphatic heterocycles. The maximum Gasteiger partial charge on any atom is 0.250 e. The van der Waals surface area contributed by atoms with Crippen LogP contribution < -0.4 is 5.73 Å². The first kappa shape index (κ1) is 11.6. The van der Waals surface area contributed by atoms with Crippen molar-refractivity contribution in [2.75, 3.05) is 0 Å². The van der Waals surface area contributed by atoms with Gasteiger partial charge in [0.05, 0.1) is 5.57 Å². The van der Waals surface area contributed by atoms with Crippen LogP contribution in [0.3, 0.4) is 0 Å². The Kier molecular flexibility index (Phi) is 5.52. The van der Waals surface area contributed by atoms with E-state index in [0.29, 0.717) is 5.57 Å². The number of aliphatic imine (C=N–C) groups is 1. The molecule has 0 heterocycles. The average Bonchev–Trinajstić information content (AvgIpc) is 2.11. The normalized spacial score (nSPS) is 13.8. The lowest BCUT2D eigenvalue weighted by Gasteiger charge is -2.00. The van der Waals surface area contributed by atoms with E-state index < -0.39 is 5.91 Å². The SMILES string of the molecule is C\C=C/N=C\C(C(N)=O)=C(/C)CC. The van der Waals surface area contributed by atoms with Gasteiger partial charge in [-0.15, -0.1) is 0 Å². The Bertz CT molecular complexity index is 262. The van der Waals surface area contributed by atoms with Crippen LogP contribution in [-0.2, 0) is 4.79 Å². The molecule has 0 atom stereocenters. The van der Waals surface area contributed by atoms with Crippen molar-refractivity contribution < 1.29 is 4.79 Å². The molecular formula is C10H16N2O. The molecule has 0 radical (unpaired) electrons. The van der Waals surface area contributed by atoms with Crippen molar-refractivity contribution in [1.82, 2.24) is 0 Å². The van der Waals surface area contributed by atoms with Crippen molar-refractivity contribution in [1.29, 1.82) is 0 Å². The number of hydrogen-bond donors (Lipinski definition) is 1. The average molecular weight is 180 g/mol. The van der Waals surface area contributed by atoms with E-state index in [-0.39, 0.29) is 0 Å². The highest BCUT2D eigenvalue weighted by Gasteiger charge is 2.04. The standard InChI is InChI=1S/C10H16N2O/c1-4-6-12-7-9(10(11)13)8(3)5-2/h4,6-7H,5H2,1-3H3,(H2,11,13)/b6-4-,9-8-,12-7-. The number of allylic oxidation sites excluding steroid dienone is 2. The van der Waals surface area contributed by atoms with Gasteiger partial charge in [0.1, 0.15) is 0 Å². The first-order chi connectivity index (χ1) is 6.13. The van der Waals surface area contributed by atoms with E-state index in [1.165, 1.54) is 6.21 Å². The largest absolute Gasteiger partial charge is 0.366 e. The van der Waals surface area contributed by atoms with Crippen molar-refractivity contribution in [2.45, 2.75) is 27.2 Å². The summed E-state index contributed by atoms with van der Waals surface area (Å²) in [6.45, 7) is 5.71. The van der Waals surface area contributed by atoms with E-state index in [1.54, 1.807) is 12.3 Å². The van der Waals surface area contributed by atoms with Crippen LogP contribution >= 0.6 is 0 Å². The van der Waals surface area contributed by atoms with Crippen LogP contribution in [0.5, 0.6) is 0 Å². The smallest absolute Gasteiger partial charge is 0.250 e.